The van der Waals surface area contributed by atoms with Crippen molar-refractivity contribution in [2.75, 3.05) is 16.4 Å². The molecule has 8 nitrogen and oxygen atoms in total. The van der Waals surface area contributed by atoms with Crippen LogP contribution in [0.25, 0.3) is 33.2 Å². The van der Waals surface area contributed by atoms with Gasteiger partial charge in [-0.25, -0.2) is 4.98 Å². The Bertz CT molecular complexity index is 1570. The number of nitrogens with zero attached hydrogens (tertiary/aromatic N) is 2. The molecule has 36 heavy (non-hydrogen) atoms. The van der Waals surface area contributed by atoms with Gasteiger partial charge in [0.05, 0.1) is 10.9 Å². The minimum absolute atomic E-state index is 0.251. The first-order valence-corrected chi connectivity index (χ1v) is 11.2. The number of carbonyl (C=O) groups is 2. The van der Waals surface area contributed by atoms with E-state index in [1.165, 1.54) is 6.08 Å². The fourth-order valence-corrected chi connectivity index (χ4v) is 4.02. The Hall–Kier alpha value is -5.24. The minimum Gasteiger partial charge on any atom is -0.382 e. The fraction of sp³-hybridized carbons (Fsp3) is 0. The highest BCUT2D eigenvalue weighted by Gasteiger charge is 2.17. The molecular formula is C28H22N6O2. The second-order valence-corrected chi connectivity index (χ2v) is 8.04. The number of aromatic nitrogens is 3. The Kier molecular flexibility index (Phi) is 5.98. The van der Waals surface area contributed by atoms with Crippen molar-refractivity contribution in [3.05, 3.63) is 103 Å². The van der Waals surface area contributed by atoms with Crippen LogP contribution < -0.4 is 16.4 Å². The highest BCUT2D eigenvalue weighted by Crippen LogP contribution is 2.40. The summed E-state index contributed by atoms with van der Waals surface area (Å²) >= 11 is 0. The van der Waals surface area contributed by atoms with Crippen LogP contribution in [0.3, 0.4) is 0 Å². The van der Waals surface area contributed by atoms with Gasteiger partial charge in [0.1, 0.15) is 5.82 Å². The summed E-state index contributed by atoms with van der Waals surface area (Å²) in [4.78, 5) is 28.4. The average Bonchev–Trinajstić information content (AvgIpc) is 3.30. The molecule has 5 aromatic rings. The van der Waals surface area contributed by atoms with Crippen molar-refractivity contribution in [2.45, 2.75) is 0 Å². The third-order valence-corrected chi connectivity index (χ3v) is 5.75. The Morgan fingerprint density at radius 3 is 2.33 bits per heavy atom. The van der Waals surface area contributed by atoms with Crippen LogP contribution in [-0.4, -0.2) is 27.0 Å². The van der Waals surface area contributed by atoms with E-state index in [2.05, 4.69) is 32.4 Å². The van der Waals surface area contributed by atoms with Crippen LogP contribution in [0.5, 0.6) is 0 Å². The molecule has 0 aliphatic rings. The summed E-state index contributed by atoms with van der Waals surface area (Å²) in [7, 11) is 0. The largest absolute Gasteiger partial charge is 0.382 e. The van der Waals surface area contributed by atoms with Crippen molar-refractivity contribution in [2.24, 2.45) is 0 Å². The maximum atomic E-state index is 12.7. The molecular weight excluding hydrogens is 452 g/mol. The topological polar surface area (TPSA) is 126 Å². The molecule has 5 rings (SSSR count). The Labute approximate surface area is 206 Å². The summed E-state index contributed by atoms with van der Waals surface area (Å²) in [6.07, 6.45) is 2.85. The van der Waals surface area contributed by atoms with Crippen molar-refractivity contribution in [3.63, 3.8) is 0 Å². The van der Waals surface area contributed by atoms with Gasteiger partial charge in [0, 0.05) is 23.0 Å². The Morgan fingerprint density at radius 1 is 0.889 bits per heavy atom. The van der Waals surface area contributed by atoms with Crippen LogP contribution in [0.15, 0.2) is 97.7 Å². The van der Waals surface area contributed by atoms with Gasteiger partial charge in [-0.2, -0.15) is 5.10 Å². The highest BCUT2D eigenvalue weighted by molar-refractivity contribution is 6.09. The normalized spacial score (nSPS) is 10.7. The van der Waals surface area contributed by atoms with E-state index in [1.807, 2.05) is 54.6 Å². The van der Waals surface area contributed by atoms with Gasteiger partial charge in [-0.05, 0) is 65.2 Å². The van der Waals surface area contributed by atoms with Gasteiger partial charge in [0.15, 0.2) is 5.82 Å². The number of hydrogen-bond acceptors (Lipinski definition) is 5. The SMILES string of the molecule is C=CC(=O)Nc1ccc(-c2ccc3[nH]nc(N)c3c2-c2ccc(C(=O)Nc3ccccn3)cc2)cc1. The van der Waals surface area contributed by atoms with Crippen LogP contribution in [0.4, 0.5) is 17.3 Å². The third-order valence-electron chi connectivity index (χ3n) is 5.75. The number of fused-ring (bicyclic) bond motifs is 1. The van der Waals surface area contributed by atoms with E-state index in [0.29, 0.717) is 22.9 Å². The van der Waals surface area contributed by atoms with Crippen LogP contribution in [0, 0.1) is 0 Å². The van der Waals surface area contributed by atoms with Gasteiger partial charge >= 0.3 is 0 Å². The monoisotopic (exact) mass is 474 g/mol. The van der Waals surface area contributed by atoms with Crippen LogP contribution >= 0.6 is 0 Å². The van der Waals surface area contributed by atoms with Gasteiger partial charge in [-0.15, -0.1) is 0 Å². The number of benzene rings is 3. The van der Waals surface area contributed by atoms with Crippen molar-refractivity contribution >= 4 is 40.0 Å². The molecule has 0 aliphatic heterocycles. The predicted molar refractivity (Wildman–Crippen MR) is 142 cm³/mol. The van der Waals surface area contributed by atoms with E-state index in [9.17, 15) is 9.59 Å². The molecule has 176 valence electrons. The Morgan fingerprint density at radius 2 is 1.64 bits per heavy atom. The molecule has 0 aliphatic carbocycles. The summed E-state index contributed by atoms with van der Waals surface area (Å²) in [5.74, 6) is 0.341. The second-order valence-electron chi connectivity index (χ2n) is 8.04. The molecule has 0 saturated heterocycles. The van der Waals surface area contributed by atoms with Gasteiger partial charge in [0.25, 0.3) is 5.91 Å². The van der Waals surface area contributed by atoms with Gasteiger partial charge < -0.3 is 16.4 Å². The van der Waals surface area contributed by atoms with Gasteiger partial charge in [-0.1, -0.05) is 43.0 Å². The summed E-state index contributed by atoms with van der Waals surface area (Å²) < 4.78 is 0. The fourth-order valence-electron chi connectivity index (χ4n) is 4.02. The number of hydrogen-bond donors (Lipinski definition) is 4. The van der Waals surface area contributed by atoms with E-state index < -0.39 is 0 Å². The molecule has 0 unspecified atom stereocenters. The molecule has 8 heteroatoms. The summed E-state index contributed by atoms with van der Waals surface area (Å²) in [6.45, 7) is 3.48. The smallest absolute Gasteiger partial charge is 0.256 e. The molecule has 2 aromatic heterocycles. The van der Waals surface area contributed by atoms with Crippen LogP contribution in [-0.2, 0) is 4.79 Å². The molecule has 3 aromatic carbocycles. The molecule has 5 N–H and O–H groups in total. The van der Waals surface area contributed by atoms with Crippen molar-refractivity contribution in [1.29, 1.82) is 0 Å². The third kappa shape index (κ3) is 4.43. The number of nitrogens with two attached hydrogens (primary N) is 1. The first kappa shape index (κ1) is 22.5. The van der Waals surface area contributed by atoms with E-state index >= 15 is 0 Å². The first-order valence-electron chi connectivity index (χ1n) is 11.2. The molecule has 2 amide bonds. The maximum absolute atomic E-state index is 12.7. The summed E-state index contributed by atoms with van der Waals surface area (Å²) in [5, 5.41) is 13.5. The quantitative estimate of drug-likeness (QED) is 0.250. The van der Waals surface area contributed by atoms with Crippen molar-refractivity contribution < 1.29 is 9.59 Å². The Balaban J connectivity index is 1.53. The minimum atomic E-state index is -0.275. The molecule has 0 bridgehead atoms. The lowest BCUT2D eigenvalue weighted by Gasteiger charge is -2.14. The molecule has 0 radical (unpaired) electrons. The van der Waals surface area contributed by atoms with E-state index in [-0.39, 0.29) is 11.8 Å². The van der Waals surface area contributed by atoms with Gasteiger partial charge in [-0.3, -0.25) is 14.7 Å². The molecule has 0 spiro atoms. The number of H-pyrrole nitrogens is 1. The zero-order valence-electron chi connectivity index (χ0n) is 19.2. The van der Waals surface area contributed by atoms with Gasteiger partial charge in [0.2, 0.25) is 5.91 Å². The number of aromatic amines is 1. The number of nitrogens with one attached hydrogen (secondary N) is 3. The number of pyridine rings is 1. The lowest BCUT2D eigenvalue weighted by Crippen LogP contribution is -2.12. The van der Waals surface area contributed by atoms with E-state index in [1.54, 1.807) is 30.5 Å². The zero-order chi connectivity index (χ0) is 25.1. The van der Waals surface area contributed by atoms with E-state index in [0.717, 1.165) is 33.2 Å². The standard InChI is InChI=1S/C28H22N6O2/c1-2-24(35)31-20-12-10-17(11-13-20)21-14-15-22-26(27(29)34-33-22)25(21)18-6-8-19(9-7-18)28(36)32-23-5-3-4-16-30-23/h2-16H,1H2,(H,31,35)(H3,29,33,34)(H,30,32,36). The van der Waals surface area contributed by atoms with Crippen molar-refractivity contribution in [1.82, 2.24) is 15.2 Å². The molecule has 0 saturated carbocycles. The zero-order valence-corrected chi connectivity index (χ0v) is 19.2. The second kappa shape index (κ2) is 9.55. The van der Waals surface area contributed by atoms with Crippen molar-refractivity contribution in [3.8, 4) is 22.3 Å². The van der Waals surface area contributed by atoms with E-state index in [4.69, 9.17) is 5.73 Å². The maximum Gasteiger partial charge on any atom is 0.256 e. The summed E-state index contributed by atoms with van der Waals surface area (Å²) in [6, 6.07) is 24.1. The predicted octanol–water partition coefficient (Wildman–Crippen LogP) is 5.25. The molecule has 0 fully saturated rings. The van der Waals surface area contributed by atoms with Crippen LogP contribution in [0.2, 0.25) is 0 Å². The highest BCUT2D eigenvalue weighted by atomic mass is 16.2. The summed E-state index contributed by atoms with van der Waals surface area (Å²) in [5.41, 5.74) is 11.8. The number of anilines is 3. The number of carbonyl (C=O) groups excluding carboxylic acids is 2. The lowest BCUT2D eigenvalue weighted by molar-refractivity contribution is -0.111. The lowest BCUT2D eigenvalue weighted by atomic mass is 9.91. The average molecular weight is 475 g/mol. The molecule has 2 heterocycles. The first-order chi connectivity index (χ1) is 17.5. The number of nitrogen functional groups attached to an aromatic ring is 1. The molecule has 0 atom stereocenters. The number of rotatable bonds is 6. The number of amides is 2. The van der Waals surface area contributed by atoms with Crippen LogP contribution in [0.1, 0.15) is 10.4 Å².